The highest BCUT2D eigenvalue weighted by molar-refractivity contribution is 7.22. The van der Waals surface area contributed by atoms with E-state index in [1.165, 1.54) is 11.3 Å². The van der Waals surface area contributed by atoms with Gasteiger partial charge in [-0.05, 0) is 37.4 Å². The van der Waals surface area contributed by atoms with Crippen molar-refractivity contribution in [3.05, 3.63) is 54.1 Å². The third-order valence-electron chi connectivity index (χ3n) is 4.13. The first-order valence-corrected chi connectivity index (χ1v) is 8.94. The van der Waals surface area contributed by atoms with Crippen molar-refractivity contribution in [2.45, 2.75) is 13.0 Å². The summed E-state index contributed by atoms with van der Waals surface area (Å²) in [6.45, 7) is 2.80. The van der Waals surface area contributed by atoms with E-state index < -0.39 is 0 Å². The summed E-state index contributed by atoms with van der Waals surface area (Å²) < 4.78 is 6.22. The molecule has 1 aromatic heterocycles. The molecule has 0 fully saturated rings. The van der Waals surface area contributed by atoms with E-state index in [-0.39, 0.29) is 11.9 Å². The largest absolute Gasteiger partial charge is 0.497 e. The lowest BCUT2D eigenvalue weighted by Crippen LogP contribution is -2.34. The predicted molar refractivity (Wildman–Crippen MR) is 102 cm³/mol. The Labute approximate surface area is 151 Å². The van der Waals surface area contributed by atoms with Gasteiger partial charge in [-0.1, -0.05) is 48.6 Å². The van der Waals surface area contributed by atoms with Crippen molar-refractivity contribution in [3.63, 3.8) is 0 Å². The molecule has 0 aliphatic carbocycles. The Bertz CT molecular complexity index is 863. The number of likely N-dealkylation sites (N-methyl/N-ethyl adjacent to an activating group) is 1. The van der Waals surface area contributed by atoms with Crippen LogP contribution in [0, 0.1) is 0 Å². The van der Waals surface area contributed by atoms with Crippen LogP contribution in [-0.2, 0) is 4.79 Å². The second-order valence-electron chi connectivity index (χ2n) is 5.73. The number of hydrogen-bond donors (Lipinski definition) is 1. The van der Waals surface area contributed by atoms with Gasteiger partial charge >= 0.3 is 0 Å². The Morgan fingerprint density at radius 2 is 2.04 bits per heavy atom. The van der Waals surface area contributed by atoms with Crippen LogP contribution in [0.3, 0.4) is 0 Å². The third-order valence-corrected chi connectivity index (χ3v) is 5.06. The minimum Gasteiger partial charge on any atom is -0.497 e. The molecule has 0 aliphatic rings. The highest BCUT2D eigenvalue weighted by atomic mass is 32.1. The fourth-order valence-corrected chi connectivity index (χ4v) is 3.58. The highest BCUT2D eigenvalue weighted by Gasteiger charge is 2.25. The lowest BCUT2D eigenvalue weighted by Gasteiger charge is -2.25. The van der Waals surface area contributed by atoms with Gasteiger partial charge in [-0.25, -0.2) is 4.98 Å². The molecule has 130 valence electrons. The Morgan fingerprint density at radius 1 is 1.28 bits per heavy atom. The Kier molecular flexibility index (Phi) is 5.31. The normalized spacial score (nSPS) is 12.3. The predicted octanol–water partition coefficient (Wildman–Crippen LogP) is 3.94. The topological polar surface area (TPSA) is 54.5 Å². The summed E-state index contributed by atoms with van der Waals surface area (Å²) in [4.78, 5) is 19.4. The maximum atomic E-state index is 12.9. The molecule has 1 heterocycles. The molecule has 0 radical (unpaired) electrons. The summed E-state index contributed by atoms with van der Waals surface area (Å²) in [6.07, 6.45) is 0. The third kappa shape index (κ3) is 3.81. The molecule has 0 saturated heterocycles. The van der Waals surface area contributed by atoms with Gasteiger partial charge in [-0.15, -0.1) is 0 Å². The van der Waals surface area contributed by atoms with E-state index in [2.05, 4.69) is 10.3 Å². The summed E-state index contributed by atoms with van der Waals surface area (Å²) in [6, 6.07) is 15.1. The Balaban J connectivity index is 1.86. The smallest absolute Gasteiger partial charge is 0.248 e. The van der Waals surface area contributed by atoms with E-state index in [0.29, 0.717) is 5.13 Å². The van der Waals surface area contributed by atoms with Crippen molar-refractivity contribution >= 4 is 32.6 Å². The van der Waals surface area contributed by atoms with Gasteiger partial charge in [-0.3, -0.25) is 9.69 Å². The average Bonchev–Trinajstić information content (AvgIpc) is 3.03. The maximum absolute atomic E-state index is 12.9. The van der Waals surface area contributed by atoms with Gasteiger partial charge in [0.2, 0.25) is 5.91 Å². The fraction of sp³-hybridized carbons (Fsp3) is 0.263. The summed E-state index contributed by atoms with van der Waals surface area (Å²) in [5.74, 6) is 0.698. The second-order valence-corrected chi connectivity index (χ2v) is 6.76. The molecule has 1 unspecified atom stereocenters. The number of nitrogens with zero attached hydrogens (tertiary/aromatic N) is 2. The number of carbonyl (C=O) groups excluding carboxylic acids is 1. The van der Waals surface area contributed by atoms with Gasteiger partial charge in [0.1, 0.15) is 11.8 Å². The number of aromatic nitrogens is 1. The molecule has 1 N–H and O–H groups in total. The molecule has 25 heavy (non-hydrogen) atoms. The minimum atomic E-state index is -0.354. The SMILES string of the molecule is CCN(C)C(C(=O)Nc1nc2ccc(OC)cc2s1)c1ccccc1. The number of thiazole rings is 1. The van der Waals surface area contributed by atoms with Crippen molar-refractivity contribution in [2.24, 2.45) is 0 Å². The molecule has 0 saturated carbocycles. The van der Waals surface area contributed by atoms with Crippen molar-refractivity contribution in [3.8, 4) is 5.75 Å². The first kappa shape index (κ1) is 17.4. The fourth-order valence-electron chi connectivity index (χ4n) is 2.68. The molecular formula is C19H21N3O2S. The zero-order valence-electron chi connectivity index (χ0n) is 14.5. The molecular weight excluding hydrogens is 334 g/mol. The van der Waals surface area contributed by atoms with E-state index in [0.717, 1.165) is 28.1 Å². The maximum Gasteiger partial charge on any atom is 0.248 e. The highest BCUT2D eigenvalue weighted by Crippen LogP contribution is 2.30. The number of carbonyl (C=O) groups is 1. The number of benzene rings is 2. The molecule has 5 nitrogen and oxygen atoms in total. The second kappa shape index (κ2) is 7.63. The van der Waals surface area contributed by atoms with Crippen LogP contribution >= 0.6 is 11.3 Å². The number of fused-ring (bicyclic) bond motifs is 1. The van der Waals surface area contributed by atoms with E-state index in [1.54, 1.807) is 7.11 Å². The monoisotopic (exact) mass is 355 g/mol. The molecule has 2 aromatic carbocycles. The zero-order chi connectivity index (χ0) is 17.8. The molecule has 0 spiro atoms. The van der Waals surface area contributed by atoms with Crippen LogP contribution in [0.5, 0.6) is 5.75 Å². The number of ether oxygens (including phenoxy) is 1. The lowest BCUT2D eigenvalue weighted by atomic mass is 10.1. The molecule has 0 bridgehead atoms. The van der Waals surface area contributed by atoms with Crippen LogP contribution in [0.15, 0.2) is 48.5 Å². The van der Waals surface area contributed by atoms with E-state index >= 15 is 0 Å². The summed E-state index contributed by atoms with van der Waals surface area (Å²) in [5.41, 5.74) is 1.81. The Morgan fingerprint density at radius 3 is 2.72 bits per heavy atom. The molecule has 1 amide bonds. The van der Waals surface area contributed by atoms with Gasteiger partial charge in [0, 0.05) is 0 Å². The first-order chi connectivity index (χ1) is 12.1. The molecule has 0 aliphatic heterocycles. The summed E-state index contributed by atoms with van der Waals surface area (Å²) >= 11 is 1.45. The lowest BCUT2D eigenvalue weighted by molar-refractivity contribution is -0.121. The van der Waals surface area contributed by atoms with Crippen LogP contribution in [-0.4, -0.2) is 36.5 Å². The molecule has 3 rings (SSSR count). The van der Waals surface area contributed by atoms with Gasteiger partial charge in [-0.2, -0.15) is 0 Å². The van der Waals surface area contributed by atoms with Crippen LogP contribution in [0.1, 0.15) is 18.5 Å². The summed E-state index contributed by atoms with van der Waals surface area (Å²) in [5, 5.41) is 3.56. The van der Waals surface area contributed by atoms with Gasteiger partial charge < -0.3 is 10.1 Å². The van der Waals surface area contributed by atoms with Crippen LogP contribution in [0.4, 0.5) is 5.13 Å². The van der Waals surface area contributed by atoms with Crippen LogP contribution in [0.25, 0.3) is 10.2 Å². The standard InChI is InChI=1S/C19H21N3O2S/c1-4-22(2)17(13-8-6-5-7-9-13)18(23)21-19-20-15-11-10-14(24-3)12-16(15)25-19/h5-12,17H,4H2,1-3H3,(H,20,21,23). The number of rotatable bonds is 6. The number of methoxy groups -OCH3 is 1. The van der Waals surface area contributed by atoms with E-state index in [1.807, 2.05) is 67.4 Å². The average molecular weight is 355 g/mol. The van der Waals surface area contributed by atoms with Crippen molar-refractivity contribution < 1.29 is 9.53 Å². The number of nitrogens with one attached hydrogen (secondary N) is 1. The van der Waals surface area contributed by atoms with Gasteiger partial charge in [0.25, 0.3) is 0 Å². The minimum absolute atomic E-state index is 0.0819. The first-order valence-electron chi connectivity index (χ1n) is 8.13. The van der Waals surface area contributed by atoms with E-state index in [9.17, 15) is 4.79 Å². The zero-order valence-corrected chi connectivity index (χ0v) is 15.3. The summed E-state index contributed by atoms with van der Waals surface area (Å²) in [7, 11) is 3.58. The van der Waals surface area contributed by atoms with Crippen LogP contribution < -0.4 is 10.1 Å². The Hall–Kier alpha value is -2.44. The van der Waals surface area contributed by atoms with E-state index in [4.69, 9.17) is 4.74 Å². The van der Waals surface area contributed by atoms with Crippen molar-refractivity contribution in [1.82, 2.24) is 9.88 Å². The van der Waals surface area contributed by atoms with Crippen molar-refractivity contribution in [2.75, 3.05) is 26.0 Å². The van der Waals surface area contributed by atoms with Crippen molar-refractivity contribution in [1.29, 1.82) is 0 Å². The number of anilines is 1. The molecule has 3 aromatic rings. The molecule has 1 atom stereocenters. The number of amides is 1. The van der Waals surface area contributed by atoms with Gasteiger partial charge in [0.05, 0.1) is 17.3 Å². The van der Waals surface area contributed by atoms with Gasteiger partial charge in [0.15, 0.2) is 5.13 Å². The van der Waals surface area contributed by atoms with Crippen LogP contribution in [0.2, 0.25) is 0 Å². The quantitative estimate of drug-likeness (QED) is 0.728. The molecule has 6 heteroatoms. The number of hydrogen-bond acceptors (Lipinski definition) is 5.